The number of hydrogen-bond acceptors (Lipinski definition) is 5. The first-order valence-corrected chi connectivity index (χ1v) is 10.6. The maximum absolute atomic E-state index is 13.0. The molecule has 2 aromatic carbocycles. The summed E-state index contributed by atoms with van der Waals surface area (Å²) in [4.78, 5) is 12.6. The fraction of sp³-hybridized carbons (Fsp3) is 0.381. The zero-order valence-electron chi connectivity index (χ0n) is 16.4. The van der Waals surface area contributed by atoms with E-state index in [-0.39, 0.29) is 17.1 Å². The summed E-state index contributed by atoms with van der Waals surface area (Å²) in [5.41, 5.74) is 3.92. The van der Waals surface area contributed by atoms with Crippen LogP contribution in [0, 0.1) is 20.8 Å². The van der Waals surface area contributed by atoms with Gasteiger partial charge in [-0.3, -0.25) is 0 Å². The highest BCUT2D eigenvalue weighted by Crippen LogP contribution is 2.23. The highest BCUT2D eigenvalue weighted by Gasteiger charge is 2.28. The molecule has 2 aromatic rings. The van der Waals surface area contributed by atoms with E-state index in [1.54, 1.807) is 19.1 Å². The minimum absolute atomic E-state index is 0.134. The van der Waals surface area contributed by atoms with Crippen molar-refractivity contribution >= 4 is 16.0 Å². The average molecular weight is 404 g/mol. The Morgan fingerprint density at radius 1 is 1.04 bits per heavy atom. The smallest absolute Gasteiger partial charge is 0.338 e. The van der Waals surface area contributed by atoms with Crippen molar-refractivity contribution in [1.29, 1.82) is 0 Å². The molecule has 7 heteroatoms. The van der Waals surface area contributed by atoms with Gasteiger partial charge in [-0.15, -0.1) is 0 Å². The Bertz CT molecular complexity index is 958. The lowest BCUT2D eigenvalue weighted by Crippen LogP contribution is -2.40. The van der Waals surface area contributed by atoms with E-state index in [4.69, 9.17) is 9.47 Å². The molecule has 3 rings (SSSR count). The predicted molar refractivity (Wildman–Crippen MR) is 106 cm³/mol. The van der Waals surface area contributed by atoms with Crippen LogP contribution in [0.1, 0.15) is 32.6 Å². The van der Waals surface area contributed by atoms with Crippen LogP contribution in [0.15, 0.2) is 41.3 Å². The third-order valence-corrected chi connectivity index (χ3v) is 6.70. The second kappa shape index (κ2) is 8.43. The van der Waals surface area contributed by atoms with Crippen LogP contribution < -0.4 is 0 Å². The van der Waals surface area contributed by atoms with E-state index in [0.29, 0.717) is 31.9 Å². The Kier molecular flexibility index (Phi) is 6.17. The van der Waals surface area contributed by atoms with Gasteiger partial charge in [0.2, 0.25) is 10.0 Å². The number of esters is 1. The number of morpholine rings is 1. The number of carbonyl (C=O) groups is 1. The molecule has 28 heavy (non-hydrogen) atoms. The van der Waals surface area contributed by atoms with Crippen LogP contribution in [0.4, 0.5) is 0 Å². The summed E-state index contributed by atoms with van der Waals surface area (Å²) in [6.45, 7) is 7.19. The Hall–Kier alpha value is -2.22. The molecule has 0 amide bonds. The van der Waals surface area contributed by atoms with Crippen LogP contribution in [-0.4, -0.2) is 45.0 Å². The van der Waals surface area contributed by atoms with Crippen molar-refractivity contribution in [1.82, 2.24) is 4.31 Å². The molecule has 0 bridgehead atoms. The van der Waals surface area contributed by atoms with E-state index in [9.17, 15) is 13.2 Å². The van der Waals surface area contributed by atoms with Gasteiger partial charge in [0.25, 0.3) is 0 Å². The molecular weight excluding hydrogens is 378 g/mol. The lowest BCUT2D eigenvalue weighted by Gasteiger charge is -2.26. The van der Waals surface area contributed by atoms with Gasteiger partial charge < -0.3 is 9.47 Å². The summed E-state index contributed by atoms with van der Waals surface area (Å²) >= 11 is 0. The summed E-state index contributed by atoms with van der Waals surface area (Å²) < 4.78 is 37.9. The largest absolute Gasteiger partial charge is 0.457 e. The first kappa shape index (κ1) is 20.5. The number of aryl methyl sites for hydroxylation is 3. The molecule has 1 heterocycles. The van der Waals surface area contributed by atoms with Crippen LogP contribution in [0.2, 0.25) is 0 Å². The number of hydrogen-bond donors (Lipinski definition) is 0. The third-order valence-electron chi connectivity index (χ3n) is 4.66. The van der Waals surface area contributed by atoms with Gasteiger partial charge in [-0.2, -0.15) is 4.31 Å². The van der Waals surface area contributed by atoms with E-state index >= 15 is 0 Å². The molecule has 0 aromatic heterocycles. The molecule has 0 spiro atoms. The van der Waals surface area contributed by atoms with Gasteiger partial charge >= 0.3 is 5.97 Å². The Morgan fingerprint density at radius 2 is 1.68 bits per heavy atom. The van der Waals surface area contributed by atoms with E-state index in [2.05, 4.69) is 0 Å². The van der Waals surface area contributed by atoms with Gasteiger partial charge in [-0.05, 0) is 44.0 Å². The fourth-order valence-corrected chi connectivity index (χ4v) is 4.97. The van der Waals surface area contributed by atoms with Gasteiger partial charge in [0.05, 0.1) is 23.7 Å². The molecule has 0 N–H and O–H groups in total. The number of nitrogens with zero attached hydrogens (tertiary/aromatic N) is 1. The van der Waals surface area contributed by atoms with Crippen LogP contribution in [0.5, 0.6) is 0 Å². The number of sulfonamides is 1. The lowest BCUT2D eigenvalue weighted by atomic mass is 10.1. The quantitative estimate of drug-likeness (QED) is 0.718. The van der Waals surface area contributed by atoms with Gasteiger partial charge in [0.15, 0.2) is 0 Å². The first-order valence-electron chi connectivity index (χ1n) is 9.20. The van der Waals surface area contributed by atoms with Crippen molar-refractivity contribution in [3.8, 4) is 0 Å². The second-order valence-corrected chi connectivity index (χ2v) is 8.98. The first-order chi connectivity index (χ1) is 13.3. The zero-order chi connectivity index (χ0) is 20.3. The molecule has 0 atom stereocenters. The van der Waals surface area contributed by atoms with Gasteiger partial charge in [-0.25, -0.2) is 13.2 Å². The monoisotopic (exact) mass is 403 g/mol. The normalized spacial score (nSPS) is 15.4. The Labute approximate surface area is 166 Å². The molecule has 6 nitrogen and oxygen atoms in total. The van der Waals surface area contributed by atoms with Crippen molar-refractivity contribution < 1.29 is 22.7 Å². The average Bonchev–Trinajstić information content (AvgIpc) is 2.66. The number of benzene rings is 2. The Morgan fingerprint density at radius 3 is 2.32 bits per heavy atom. The topological polar surface area (TPSA) is 72.9 Å². The number of ether oxygens (including phenoxy) is 2. The molecule has 0 aliphatic carbocycles. The summed E-state index contributed by atoms with van der Waals surface area (Å²) in [6.07, 6.45) is 0. The predicted octanol–water partition coefficient (Wildman–Crippen LogP) is 2.99. The summed E-state index contributed by atoms with van der Waals surface area (Å²) in [6, 6.07) is 10.6. The fourth-order valence-electron chi connectivity index (χ4n) is 3.32. The number of carbonyl (C=O) groups excluding carboxylic acids is 1. The van der Waals surface area contributed by atoms with Crippen LogP contribution in [0.25, 0.3) is 0 Å². The third kappa shape index (κ3) is 4.60. The molecule has 0 unspecified atom stereocenters. The van der Waals surface area contributed by atoms with Crippen LogP contribution in [-0.2, 0) is 26.1 Å². The van der Waals surface area contributed by atoms with E-state index < -0.39 is 16.0 Å². The number of rotatable bonds is 5. The van der Waals surface area contributed by atoms with E-state index in [1.165, 1.54) is 10.4 Å². The van der Waals surface area contributed by atoms with Crippen molar-refractivity contribution in [2.75, 3.05) is 26.3 Å². The molecular formula is C21H25NO5S. The van der Waals surface area contributed by atoms with Crippen molar-refractivity contribution in [2.24, 2.45) is 0 Å². The molecule has 0 saturated carbocycles. The SMILES string of the molecule is Cc1cc(C)cc(COC(=O)c2ccc(C)c(S(=O)(=O)N3CCOCC3)c2)c1. The molecule has 150 valence electrons. The summed E-state index contributed by atoms with van der Waals surface area (Å²) in [5, 5.41) is 0. The van der Waals surface area contributed by atoms with Crippen LogP contribution in [0.3, 0.4) is 0 Å². The maximum Gasteiger partial charge on any atom is 0.338 e. The maximum atomic E-state index is 13.0. The molecule has 1 aliphatic rings. The minimum atomic E-state index is -3.68. The standard InChI is InChI=1S/C21H25NO5S/c1-15-10-16(2)12-18(11-15)14-27-21(23)19-5-4-17(3)20(13-19)28(24,25)22-6-8-26-9-7-22/h4-5,10-13H,6-9,14H2,1-3H3. The molecule has 0 radical (unpaired) electrons. The van der Waals surface area contributed by atoms with Crippen molar-refractivity contribution in [2.45, 2.75) is 32.3 Å². The Balaban J connectivity index is 1.79. The minimum Gasteiger partial charge on any atom is -0.457 e. The van der Waals surface area contributed by atoms with Crippen LogP contribution >= 0.6 is 0 Å². The summed E-state index contributed by atoms with van der Waals surface area (Å²) in [5.74, 6) is -0.544. The summed E-state index contributed by atoms with van der Waals surface area (Å²) in [7, 11) is -3.68. The highest BCUT2D eigenvalue weighted by atomic mass is 32.2. The van der Waals surface area contributed by atoms with E-state index in [0.717, 1.165) is 16.7 Å². The molecule has 1 aliphatic heterocycles. The molecule has 1 saturated heterocycles. The molecule has 1 fully saturated rings. The highest BCUT2D eigenvalue weighted by molar-refractivity contribution is 7.89. The van der Waals surface area contributed by atoms with Crippen molar-refractivity contribution in [3.63, 3.8) is 0 Å². The van der Waals surface area contributed by atoms with E-state index in [1.807, 2.05) is 32.0 Å². The second-order valence-electron chi connectivity index (χ2n) is 7.07. The van der Waals surface area contributed by atoms with Gasteiger partial charge in [0, 0.05) is 13.1 Å². The van der Waals surface area contributed by atoms with Crippen molar-refractivity contribution in [3.05, 3.63) is 64.2 Å². The zero-order valence-corrected chi connectivity index (χ0v) is 17.2. The van der Waals surface area contributed by atoms with Gasteiger partial charge in [0.1, 0.15) is 6.61 Å². The van der Waals surface area contributed by atoms with Gasteiger partial charge in [-0.1, -0.05) is 35.4 Å². The lowest BCUT2D eigenvalue weighted by molar-refractivity contribution is 0.0472.